The molecule has 0 unspecified atom stereocenters. The van der Waals surface area contributed by atoms with Crippen molar-refractivity contribution in [3.8, 4) is 11.6 Å². The Labute approximate surface area is 131 Å². The van der Waals surface area contributed by atoms with Crippen LogP contribution in [-0.4, -0.2) is 41.7 Å². The quantitative estimate of drug-likeness (QED) is 0.741. The molecule has 0 aliphatic carbocycles. The topological polar surface area (TPSA) is 104 Å². The Morgan fingerprint density at radius 1 is 1.48 bits per heavy atom. The molecule has 0 saturated heterocycles. The average Bonchev–Trinajstić information content (AvgIpc) is 3.27. The molecule has 1 aliphatic rings. The highest BCUT2D eigenvalue weighted by Gasteiger charge is 2.21. The maximum Gasteiger partial charge on any atom is 0.243 e. The largest absolute Gasteiger partial charge is 0.461 e. The lowest BCUT2D eigenvalue weighted by Crippen LogP contribution is -2.42. The third-order valence-electron chi connectivity index (χ3n) is 3.78. The summed E-state index contributed by atoms with van der Waals surface area (Å²) in [5.74, 6) is 1.82. The van der Waals surface area contributed by atoms with Crippen LogP contribution in [0.5, 0.6) is 0 Å². The number of aryl methyl sites for hydroxylation is 1. The summed E-state index contributed by atoms with van der Waals surface area (Å²) >= 11 is 0. The second-order valence-corrected chi connectivity index (χ2v) is 5.42. The van der Waals surface area contributed by atoms with E-state index in [4.69, 9.17) is 4.42 Å². The van der Waals surface area contributed by atoms with Gasteiger partial charge < -0.3 is 14.3 Å². The third-order valence-corrected chi connectivity index (χ3v) is 3.78. The molecule has 1 atom stereocenters. The van der Waals surface area contributed by atoms with Crippen LogP contribution in [-0.2, 0) is 24.3 Å². The summed E-state index contributed by atoms with van der Waals surface area (Å²) in [5, 5.41) is 14.9. The fourth-order valence-electron chi connectivity index (χ4n) is 2.70. The Morgan fingerprint density at radius 2 is 2.43 bits per heavy atom. The van der Waals surface area contributed by atoms with Crippen LogP contribution in [0.25, 0.3) is 11.6 Å². The number of hydrogen-bond donors (Lipinski definition) is 1. The van der Waals surface area contributed by atoms with Gasteiger partial charge in [0.2, 0.25) is 11.7 Å². The molecule has 1 N–H and O–H groups in total. The predicted molar refractivity (Wildman–Crippen MR) is 78.0 cm³/mol. The molecule has 0 radical (unpaired) electrons. The fourth-order valence-corrected chi connectivity index (χ4v) is 2.70. The van der Waals surface area contributed by atoms with E-state index < -0.39 is 0 Å². The normalized spacial score (nSPS) is 17.0. The number of nitrogens with one attached hydrogen (secondary N) is 1. The molecule has 0 aromatic carbocycles. The zero-order valence-corrected chi connectivity index (χ0v) is 12.3. The van der Waals surface area contributed by atoms with Crippen LogP contribution in [0.15, 0.2) is 35.2 Å². The number of amides is 1. The number of aromatic nitrogens is 6. The molecule has 4 rings (SSSR count). The van der Waals surface area contributed by atoms with E-state index in [0.717, 1.165) is 25.2 Å². The number of carbonyl (C=O) groups excluding carboxylic acids is 1. The fraction of sp³-hybridized carbons (Fsp3) is 0.357. The van der Waals surface area contributed by atoms with Crippen molar-refractivity contribution >= 4 is 5.91 Å². The highest BCUT2D eigenvalue weighted by molar-refractivity contribution is 5.75. The second-order valence-electron chi connectivity index (χ2n) is 5.42. The van der Waals surface area contributed by atoms with E-state index >= 15 is 0 Å². The van der Waals surface area contributed by atoms with Crippen molar-refractivity contribution in [3.63, 3.8) is 0 Å². The lowest BCUT2D eigenvalue weighted by Gasteiger charge is -2.24. The minimum Gasteiger partial charge on any atom is -0.461 e. The Kier molecular flexibility index (Phi) is 3.37. The molecule has 1 aliphatic heterocycles. The molecule has 0 spiro atoms. The summed E-state index contributed by atoms with van der Waals surface area (Å²) in [6, 6.07) is 3.58. The van der Waals surface area contributed by atoms with Crippen molar-refractivity contribution in [1.29, 1.82) is 0 Å². The van der Waals surface area contributed by atoms with Crippen LogP contribution in [0.4, 0.5) is 0 Å². The van der Waals surface area contributed by atoms with Gasteiger partial charge in [0, 0.05) is 31.4 Å². The Hall–Kier alpha value is -2.97. The van der Waals surface area contributed by atoms with Crippen molar-refractivity contribution in [2.45, 2.75) is 32.0 Å². The van der Waals surface area contributed by atoms with Crippen molar-refractivity contribution in [2.24, 2.45) is 0 Å². The van der Waals surface area contributed by atoms with Crippen LogP contribution in [0.2, 0.25) is 0 Å². The minimum atomic E-state index is -0.137. The molecular weight excluding hydrogens is 298 g/mol. The highest BCUT2D eigenvalue weighted by atomic mass is 16.3. The van der Waals surface area contributed by atoms with Crippen LogP contribution >= 0.6 is 0 Å². The number of nitrogens with zero attached hydrogens (tertiary/aromatic N) is 6. The molecule has 9 nitrogen and oxygen atoms in total. The van der Waals surface area contributed by atoms with E-state index in [1.807, 2.05) is 6.20 Å². The smallest absolute Gasteiger partial charge is 0.243 e. The van der Waals surface area contributed by atoms with Gasteiger partial charge in [-0.2, -0.15) is 4.80 Å². The van der Waals surface area contributed by atoms with Crippen molar-refractivity contribution in [2.75, 3.05) is 0 Å². The lowest BCUT2D eigenvalue weighted by molar-refractivity contribution is -0.123. The van der Waals surface area contributed by atoms with Crippen LogP contribution in [0.3, 0.4) is 0 Å². The molecule has 118 valence electrons. The molecular formula is C14H15N7O2. The first kappa shape index (κ1) is 13.7. The zero-order valence-electron chi connectivity index (χ0n) is 12.3. The van der Waals surface area contributed by atoms with E-state index in [1.54, 1.807) is 18.3 Å². The second kappa shape index (κ2) is 5.67. The van der Waals surface area contributed by atoms with E-state index in [0.29, 0.717) is 11.6 Å². The van der Waals surface area contributed by atoms with E-state index in [1.165, 1.54) is 11.1 Å². The van der Waals surface area contributed by atoms with Crippen molar-refractivity contribution in [1.82, 2.24) is 35.1 Å². The Morgan fingerprint density at radius 3 is 3.30 bits per heavy atom. The molecule has 0 fully saturated rings. The molecule has 3 aromatic heterocycles. The number of furan rings is 1. The van der Waals surface area contributed by atoms with Crippen molar-refractivity contribution in [3.05, 3.63) is 36.6 Å². The predicted octanol–water partition coefficient (Wildman–Crippen LogP) is 0.261. The molecule has 3 aromatic rings. The maximum atomic E-state index is 12.1. The Bertz CT molecular complexity index is 805. The number of fused-ring (bicyclic) bond motifs is 1. The first-order valence-electron chi connectivity index (χ1n) is 7.39. The zero-order chi connectivity index (χ0) is 15.6. The molecule has 0 saturated carbocycles. The molecule has 23 heavy (non-hydrogen) atoms. The number of carbonyl (C=O) groups is 1. The van der Waals surface area contributed by atoms with Gasteiger partial charge >= 0.3 is 0 Å². The number of hydrogen-bond acceptors (Lipinski definition) is 6. The summed E-state index contributed by atoms with van der Waals surface area (Å²) < 4.78 is 7.26. The van der Waals surface area contributed by atoms with E-state index in [2.05, 4.69) is 30.3 Å². The van der Waals surface area contributed by atoms with Gasteiger partial charge in [-0.15, -0.1) is 10.2 Å². The van der Waals surface area contributed by atoms with Gasteiger partial charge in [0.15, 0.2) is 5.76 Å². The summed E-state index contributed by atoms with van der Waals surface area (Å²) in [7, 11) is 0. The van der Waals surface area contributed by atoms with Gasteiger partial charge in [0.25, 0.3) is 0 Å². The highest BCUT2D eigenvalue weighted by Crippen LogP contribution is 2.14. The van der Waals surface area contributed by atoms with E-state index in [-0.39, 0.29) is 18.5 Å². The summed E-state index contributed by atoms with van der Waals surface area (Å²) in [6.07, 6.45) is 7.00. The lowest BCUT2D eigenvalue weighted by atomic mass is 10.1. The first-order chi connectivity index (χ1) is 11.3. The van der Waals surface area contributed by atoms with Gasteiger partial charge in [0.05, 0.1) is 6.26 Å². The molecule has 1 amide bonds. The number of tetrazole rings is 1. The Balaban J connectivity index is 1.36. The van der Waals surface area contributed by atoms with Gasteiger partial charge in [-0.3, -0.25) is 4.79 Å². The SMILES string of the molecule is O=C(Cn1nnc(-c2ccco2)n1)N[C@@H]1CCc2nccn2C1. The van der Waals surface area contributed by atoms with Gasteiger partial charge in [0.1, 0.15) is 12.4 Å². The first-order valence-corrected chi connectivity index (χ1v) is 7.39. The molecule has 0 bridgehead atoms. The monoisotopic (exact) mass is 313 g/mol. The van der Waals surface area contributed by atoms with Crippen LogP contribution < -0.4 is 5.32 Å². The van der Waals surface area contributed by atoms with Gasteiger partial charge in [-0.05, 0) is 23.8 Å². The third kappa shape index (κ3) is 2.85. The van der Waals surface area contributed by atoms with Gasteiger partial charge in [-0.25, -0.2) is 4.98 Å². The molecule has 4 heterocycles. The number of rotatable bonds is 4. The van der Waals surface area contributed by atoms with Crippen LogP contribution in [0, 0.1) is 0 Å². The summed E-state index contributed by atoms with van der Waals surface area (Å²) in [5.41, 5.74) is 0. The minimum absolute atomic E-state index is 0.0288. The van der Waals surface area contributed by atoms with Crippen LogP contribution in [0.1, 0.15) is 12.2 Å². The number of imidazole rings is 1. The van der Waals surface area contributed by atoms with E-state index in [9.17, 15) is 4.79 Å². The summed E-state index contributed by atoms with van der Waals surface area (Å²) in [4.78, 5) is 17.7. The average molecular weight is 313 g/mol. The van der Waals surface area contributed by atoms with Crippen molar-refractivity contribution < 1.29 is 9.21 Å². The molecule has 9 heteroatoms. The summed E-state index contributed by atoms with van der Waals surface area (Å²) in [6.45, 7) is 0.768. The maximum absolute atomic E-state index is 12.1. The standard InChI is InChI=1S/C14H15N7O2/c22-13(16-10-3-4-12-15-5-6-20(12)8-10)9-21-18-14(17-19-21)11-2-1-7-23-11/h1-2,5-7,10H,3-4,8-9H2,(H,16,22)/t10-/m1/s1. The van der Waals surface area contributed by atoms with Gasteiger partial charge in [-0.1, -0.05) is 0 Å².